The fourth-order valence-electron chi connectivity index (χ4n) is 3.04. The molecule has 1 heterocycles. The quantitative estimate of drug-likeness (QED) is 0.782. The number of benzene rings is 2. The van der Waals surface area contributed by atoms with Gasteiger partial charge in [0.05, 0.1) is 15.6 Å². The minimum Gasteiger partial charge on any atom is -0.378 e. The van der Waals surface area contributed by atoms with Gasteiger partial charge >= 0.3 is 0 Å². The molecule has 2 aromatic rings. The third-order valence-electron chi connectivity index (χ3n) is 4.67. The number of halogens is 2. The second-order valence-corrected chi connectivity index (χ2v) is 7.41. The molecule has 7 heteroatoms. The van der Waals surface area contributed by atoms with Crippen LogP contribution in [-0.4, -0.2) is 61.9 Å². The van der Waals surface area contributed by atoms with Crippen molar-refractivity contribution in [3.8, 4) is 0 Å². The van der Waals surface area contributed by atoms with Gasteiger partial charge in [0, 0.05) is 51.5 Å². The van der Waals surface area contributed by atoms with E-state index in [2.05, 4.69) is 0 Å². The molecule has 0 spiro atoms. The van der Waals surface area contributed by atoms with Crippen LogP contribution in [0.15, 0.2) is 42.5 Å². The van der Waals surface area contributed by atoms with Crippen molar-refractivity contribution >= 4 is 40.7 Å². The highest BCUT2D eigenvalue weighted by Gasteiger charge is 2.26. The molecule has 2 aromatic carbocycles. The van der Waals surface area contributed by atoms with Gasteiger partial charge in [0.15, 0.2) is 0 Å². The Hall–Kier alpha value is -2.24. The van der Waals surface area contributed by atoms with Crippen LogP contribution >= 0.6 is 23.2 Å². The van der Waals surface area contributed by atoms with E-state index in [-0.39, 0.29) is 16.8 Å². The lowest BCUT2D eigenvalue weighted by Crippen LogP contribution is -2.50. The standard InChI is InChI=1S/C20H21Cl2N3O2/c1-23(2)15-8-6-14(7-9-15)19(26)24-10-12-25(13-11-24)20(27)16-4-3-5-17(21)18(16)22/h3-9H,10-13H2,1-2H3. The Balaban J connectivity index is 1.63. The predicted octanol–water partition coefficient (Wildman–Crippen LogP) is 3.66. The smallest absolute Gasteiger partial charge is 0.255 e. The van der Waals surface area contributed by atoms with E-state index in [0.717, 1.165) is 5.69 Å². The Labute approximate surface area is 169 Å². The monoisotopic (exact) mass is 405 g/mol. The fraction of sp³-hybridized carbons (Fsp3) is 0.300. The molecule has 0 bridgehead atoms. The molecule has 1 aliphatic heterocycles. The third kappa shape index (κ3) is 4.20. The van der Waals surface area contributed by atoms with E-state index < -0.39 is 0 Å². The summed E-state index contributed by atoms with van der Waals surface area (Å²) in [6.45, 7) is 1.89. The summed E-state index contributed by atoms with van der Waals surface area (Å²) in [4.78, 5) is 30.9. The van der Waals surface area contributed by atoms with Crippen LogP contribution in [0.4, 0.5) is 5.69 Å². The molecule has 0 aromatic heterocycles. The summed E-state index contributed by atoms with van der Waals surface area (Å²) < 4.78 is 0. The Kier molecular flexibility index (Phi) is 5.92. The molecule has 1 saturated heterocycles. The third-order valence-corrected chi connectivity index (χ3v) is 5.49. The van der Waals surface area contributed by atoms with Crippen molar-refractivity contribution in [1.29, 1.82) is 0 Å². The molecule has 5 nitrogen and oxygen atoms in total. The molecule has 0 atom stereocenters. The van der Waals surface area contributed by atoms with Crippen LogP contribution in [0.3, 0.4) is 0 Å². The molecule has 0 aliphatic carbocycles. The minimum absolute atomic E-state index is 0.0202. The molecule has 1 fully saturated rings. The molecule has 1 aliphatic rings. The molecule has 0 unspecified atom stereocenters. The summed E-state index contributed by atoms with van der Waals surface area (Å²) >= 11 is 12.2. The topological polar surface area (TPSA) is 43.9 Å². The summed E-state index contributed by atoms with van der Waals surface area (Å²) in [6, 6.07) is 12.5. The van der Waals surface area contributed by atoms with Gasteiger partial charge in [0.2, 0.25) is 0 Å². The van der Waals surface area contributed by atoms with Gasteiger partial charge in [0.25, 0.3) is 11.8 Å². The predicted molar refractivity (Wildman–Crippen MR) is 109 cm³/mol. The number of rotatable bonds is 3. The lowest BCUT2D eigenvalue weighted by Gasteiger charge is -2.35. The van der Waals surface area contributed by atoms with E-state index in [9.17, 15) is 9.59 Å². The fourth-order valence-corrected chi connectivity index (χ4v) is 3.42. The number of carbonyl (C=O) groups excluding carboxylic acids is 2. The molecule has 0 saturated carbocycles. The van der Waals surface area contributed by atoms with Crippen molar-refractivity contribution in [1.82, 2.24) is 9.80 Å². The molecule has 142 valence electrons. The van der Waals surface area contributed by atoms with Gasteiger partial charge in [-0.25, -0.2) is 0 Å². The number of amides is 2. The molecular formula is C20H21Cl2N3O2. The van der Waals surface area contributed by atoms with Gasteiger partial charge in [-0.15, -0.1) is 0 Å². The minimum atomic E-state index is -0.162. The van der Waals surface area contributed by atoms with Crippen LogP contribution in [0, 0.1) is 0 Å². The summed E-state index contributed by atoms with van der Waals surface area (Å²) in [7, 11) is 3.92. The van der Waals surface area contributed by atoms with E-state index in [4.69, 9.17) is 23.2 Å². The first-order valence-corrected chi connectivity index (χ1v) is 9.44. The van der Waals surface area contributed by atoms with Crippen LogP contribution in [-0.2, 0) is 0 Å². The van der Waals surface area contributed by atoms with Crippen molar-refractivity contribution in [2.45, 2.75) is 0 Å². The largest absolute Gasteiger partial charge is 0.378 e. The molecule has 0 radical (unpaired) electrons. The zero-order valence-electron chi connectivity index (χ0n) is 15.3. The van der Waals surface area contributed by atoms with E-state index >= 15 is 0 Å². The van der Waals surface area contributed by atoms with Crippen molar-refractivity contribution in [3.63, 3.8) is 0 Å². The van der Waals surface area contributed by atoms with E-state index in [1.165, 1.54) is 0 Å². The summed E-state index contributed by atoms with van der Waals surface area (Å²) in [5, 5.41) is 0.626. The average Bonchev–Trinajstić information content (AvgIpc) is 2.69. The number of nitrogens with zero attached hydrogens (tertiary/aromatic N) is 3. The molecule has 0 N–H and O–H groups in total. The Morgan fingerprint density at radius 3 is 1.96 bits per heavy atom. The van der Waals surface area contributed by atoms with Crippen molar-refractivity contribution < 1.29 is 9.59 Å². The Bertz CT molecular complexity index is 845. The maximum atomic E-state index is 12.7. The number of hydrogen-bond donors (Lipinski definition) is 0. The lowest BCUT2D eigenvalue weighted by atomic mass is 10.1. The maximum absolute atomic E-state index is 12.7. The number of carbonyl (C=O) groups is 2. The highest BCUT2D eigenvalue weighted by molar-refractivity contribution is 6.43. The summed E-state index contributed by atoms with van der Waals surface area (Å²) in [5.41, 5.74) is 2.09. The van der Waals surface area contributed by atoms with Gasteiger partial charge in [-0.05, 0) is 36.4 Å². The van der Waals surface area contributed by atoms with Crippen LogP contribution in [0.5, 0.6) is 0 Å². The molecule has 2 amide bonds. The van der Waals surface area contributed by atoms with Crippen LogP contribution in [0.1, 0.15) is 20.7 Å². The number of hydrogen-bond acceptors (Lipinski definition) is 3. The van der Waals surface area contributed by atoms with E-state index in [0.29, 0.717) is 42.3 Å². The van der Waals surface area contributed by atoms with Gasteiger partial charge < -0.3 is 14.7 Å². The zero-order chi connectivity index (χ0) is 19.6. The SMILES string of the molecule is CN(C)c1ccc(C(=O)N2CCN(C(=O)c3cccc(Cl)c3Cl)CC2)cc1. The zero-order valence-corrected chi connectivity index (χ0v) is 16.8. The van der Waals surface area contributed by atoms with Crippen molar-refractivity contribution in [2.75, 3.05) is 45.2 Å². The second kappa shape index (κ2) is 8.19. The van der Waals surface area contributed by atoms with Crippen LogP contribution in [0.2, 0.25) is 10.0 Å². The van der Waals surface area contributed by atoms with Crippen LogP contribution in [0.25, 0.3) is 0 Å². The Morgan fingerprint density at radius 2 is 1.41 bits per heavy atom. The second-order valence-electron chi connectivity index (χ2n) is 6.63. The maximum Gasteiger partial charge on any atom is 0.255 e. The summed E-state index contributed by atoms with van der Waals surface area (Å²) in [6.07, 6.45) is 0. The first-order chi connectivity index (χ1) is 12.9. The first kappa shape index (κ1) is 19.5. The normalized spacial score (nSPS) is 14.2. The van der Waals surface area contributed by atoms with E-state index in [1.807, 2.05) is 43.3 Å². The number of anilines is 1. The summed E-state index contributed by atoms with van der Waals surface area (Å²) in [5.74, 6) is -0.182. The van der Waals surface area contributed by atoms with Gasteiger partial charge in [0.1, 0.15) is 0 Å². The highest BCUT2D eigenvalue weighted by Crippen LogP contribution is 2.27. The first-order valence-electron chi connectivity index (χ1n) is 8.68. The number of piperazine rings is 1. The molecule has 3 rings (SSSR count). The van der Waals surface area contributed by atoms with Gasteiger partial charge in [-0.3, -0.25) is 9.59 Å². The van der Waals surface area contributed by atoms with E-state index in [1.54, 1.807) is 28.0 Å². The lowest BCUT2D eigenvalue weighted by molar-refractivity contribution is 0.0535. The average molecular weight is 406 g/mol. The van der Waals surface area contributed by atoms with Gasteiger partial charge in [-0.2, -0.15) is 0 Å². The van der Waals surface area contributed by atoms with Crippen molar-refractivity contribution in [2.24, 2.45) is 0 Å². The van der Waals surface area contributed by atoms with Crippen LogP contribution < -0.4 is 4.90 Å². The Morgan fingerprint density at radius 1 is 0.852 bits per heavy atom. The van der Waals surface area contributed by atoms with Crippen molar-refractivity contribution in [3.05, 3.63) is 63.6 Å². The molecular weight excluding hydrogens is 385 g/mol. The molecule has 27 heavy (non-hydrogen) atoms. The highest BCUT2D eigenvalue weighted by atomic mass is 35.5. The van der Waals surface area contributed by atoms with Gasteiger partial charge in [-0.1, -0.05) is 29.3 Å².